The molecule has 0 aliphatic carbocycles. The molecule has 102 valence electrons. The van der Waals surface area contributed by atoms with Crippen LogP contribution >= 0.6 is 9.24 Å². The second kappa shape index (κ2) is 3.83. The summed E-state index contributed by atoms with van der Waals surface area (Å²) in [7, 11) is 1.59. The van der Waals surface area contributed by atoms with Crippen molar-refractivity contribution < 1.29 is 48.3 Å². The Hall–Kier alpha value is -0.340. The summed E-state index contributed by atoms with van der Waals surface area (Å²) in [6.45, 7) is 0. The smallest absolute Gasteiger partial charge is 0.194 e. The van der Waals surface area contributed by atoms with E-state index in [0.717, 1.165) is 0 Å². The predicted molar refractivity (Wildman–Crippen MR) is 32.8 cm³/mol. The molecular weight excluding hydrogens is 300 g/mol. The van der Waals surface area contributed by atoms with Crippen molar-refractivity contribution in [1.29, 1.82) is 0 Å². The predicted octanol–water partition coefficient (Wildman–Crippen LogP) is 4.46. The fourth-order valence-electron chi connectivity index (χ4n) is 0.564. The molecule has 0 aliphatic rings. The van der Waals surface area contributed by atoms with Crippen molar-refractivity contribution >= 4 is 9.24 Å². The summed E-state index contributed by atoms with van der Waals surface area (Å²) >= 11 is 0. The van der Waals surface area contributed by atoms with Crippen LogP contribution in [0.4, 0.5) is 48.3 Å². The summed E-state index contributed by atoms with van der Waals surface area (Å²) in [5.41, 5.74) is -6.06. The molecule has 0 nitrogen and oxygen atoms in total. The third-order valence-corrected chi connectivity index (χ3v) is 1.80. The van der Waals surface area contributed by atoms with Gasteiger partial charge < -0.3 is 0 Å². The average Bonchev–Trinajstić information content (AvgIpc) is 1.98. The zero-order valence-corrected chi connectivity index (χ0v) is 8.00. The Morgan fingerprint density at radius 1 is 0.471 bits per heavy atom. The van der Waals surface area contributed by atoms with Crippen LogP contribution in [0.25, 0.3) is 0 Å². The van der Waals surface area contributed by atoms with Crippen LogP contribution in [0, 0.1) is 0 Å². The van der Waals surface area contributed by atoms with Gasteiger partial charge in [0.25, 0.3) is 0 Å². The standard InChI is InChI=1S/C5F11P/c6-1(7,2(8,9)4(12,13)14)3(10,11)5(15,16)17. The summed E-state index contributed by atoms with van der Waals surface area (Å²) in [5, 5.41) is 0. The van der Waals surface area contributed by atoms with E-state index in [1.807, 2.05) is 0 Å². The summed E-state index contributed by atoms with van der Waals surface area (Å²) < 4.78 is 131. The van der Waals surface area contributed by atoms with Crippen molar-refractivity contribution in [1.82, 2.24) is 0 Å². The molecule has 0 saturated heterocycles. The second-order valence-electron chi connectivity index (χ2n) is 2.76. The van der Waals surface area contributed by atoms with Gasteiger partial charge in [0, 0.05) is 9.24 Å². The van der Waals surface area contributed by atoms with Gasteiger partial charge in [-0.2, -0.15) is 48.3 Å². The highest BCUT2D eigenvalue weighted by atomic mass is 31.0. The highest BCUT2D eigenvalue weighted by Gasteiger charge is 2.86. The fraction of sp³-hybridized carbons (Fsp3) is 1.00. The molecule has 2 radical (unpaired) electrons. The molecule has 0 spiro atoms. The van der Waals surface area contributed by atoms with Crippen LogP contribution in [0.2, 0.25) is 0 Å². The Bertz CT molecular complexity index is 255. The third-order valence-electron chi connectivity index (χ3n) is 1.52. The number of halogens is 11. The van der Waals surface area contributed by atoms with Gasteiger partial charge in [0.05, 0.1) is 0 Å². The van der Waals surface area contributed by atoms with E-state index in [4.69, 9.17) is 0 Å². The maximum atomic E-state index is 12.2. The van der Waals surface area contributed by atoms with Crippen LogP contribution in [0.15, 0.2) is 0 Å². The molecule has 0 saturated carbocycles. The SMILES string of the molecule is FC(F)(F)C(F)(F)C(F)(F)C(F)(F)C(F)(F)[P]. The van der Waals surface area contributed by atoms with Crippen molar-refractivity contribution in [3.63, 3.8) is 0 Å². The van der Waals surface area contributed by atoms with Gasteiger partial charge in [0.1, 0.15) is 0 Å². The maximum Gasteiger partial charge on any atom is 0.460 e. The number of rotatable bonds is 3. The first-order valence-electron chi connectivity index (χ1n) is 3.30. The fourth-order valence-corrected chi connectivity index (χ4v) is 0.704. The van der Waals surface area contributed by atoms with Gasteiger partial charge in [-0.25, -0.2) is 0 Å². The Morgan fingerprint density at radius 3 is 0.941 bits per heavy atom. The monoisotopic (exact) mass is 300 g/mol. The minimum atomic E-state index is -7.36. The van der Waals surface area contributed by atoms with E-state index in [0.29, 0.717) is 0 Å². The molecule has 0 heterocycles. The number of alkyl halides is 11. The molecule has 0 unspecified atom stereocenters. The molecule has 0 fully saturated rings. The molecule has 0 aromatic rings. The lowest BCUT2D eigenvalue weighted by Gasteiger charge is -2.35. The van der Waals surface area contributed by atoms with Gasteiger partial charge in [0.2, 0.25) is 0 Å². The van der Waals surface area contributed by atoms with Gasteiger partial charge in [-0.3, -0.25) is 0 Å². The van der Waals surface area contributed by atoms with Crippen LogP contribution in [-0.2, 0) is 0 Å². The Balaban J connectivity index is 5.73. The van der Waals surface area contributed by atoms with E-state index in [1.54, 1.807) is 9.24 Å². The first-order chi connectivity index (χ1) is 7.00. The molecule has 0 N–H and O–H groups in total. The molecule has 0 bridgehead atoms. The molecule has 0 aliphatic heterocycles. The average molecular weight is 300 g/mol. The van der Waals surface area contributed by atoms with E-state index in [1.165, 1.54) is 0 Å². The van der Waals surface area contributed by atoms with Crippen molar-refractivity contribution in [3.8, 4) is 0 Å². The minimum absolute atomic E-state index is 1.59. The molecule has 0 aromatic carbocycles. The maximum absolute atomic E-state index is 12.2. The zero-order valence-electron chi connectivity index (χ0n) is 7.10. The largest absolute Gasteiger partial charge is 0.460 e. The highest BCUT2D eigenvalue weighted by Crippen LogP contribution is 2.58. The van der Waals surface area contributed by atoms with E-state index in [9.17, 15) is 48.3 Å². The lowest BCUT2D eigenvalue weighted by molar-refractivity contribution is -0.412. The normalized spacial score (nSPS) is 16.2. The van der Waals surface area contributed by atoms with E-state index >= 15 is 0 Å². The van der Waals surface area contributed by atoms with Gasteiger partial charge in [0.15, 0.2) is 0 Å². The zero-order chi connectivity index (χ0) is 14.5. The van der Waals surface area contributed by atoms with Gasteiger partial charge >= 0.3 is 29.6 Å². The molecule has 17 heavy (non-hydrogen) atoms. The molecular formula is C5F11P. The Kier molecular flexibility index (Phi) is 3.75. The molecule has 0 rings (SSSR count). The van der Waals surface area contributed by atoms with Crippen LogP contribution in [0.3, 0.4) is 0 Å². The van der Waals surface area contributed by atoms with Crippen molar-refractivity contribution in [2.24, 2.45) is 0 Å². The van der Waals surface area contributed by atoms with Crippen LogP contribution in [0.1, 0.15) is 0 Å². The lowest BCUT2D eigenvalue weighted by atomic mass is 10.0. The quantitative estimate of drug-likeness (QED) is 0.533. The minimum Gasteiger partial charge on any atom is -0.194 e. The second-order valence-corrected chi connectivity index (χ2v) is 3.32. The first kappa shape index (κ1) is 16.7. The molecule has 0 atom stereocenters. The number of hydrogen-bond acceptors (Lipinski definition) is 0. The summed E-state index contributed by atoms with van der Waals surface area (Å²) in [6.07, 6.45) is -7.13. The Labute approximate surface area is 88.3 Å². The first-order valence-corrected chi connectivity index (χ1v) is 3.75. The topological polar surface area (TPSA) is 0 Å². The Morgan fingerprint density at radius 2 is 0.765 bits per heavy atom. The van der Waals surface area contributed by atoms with E-state index in [-0.39, 0.29) is 0 Å². The van der Waals surface area contributed by atoms with Gasteiger partial charge in [-0.15, -0.1) is 0 Å². The van der Waals surface area contributed by atoms with Crippen LogP contribution < -0.4 is 0 Å². The van der Waals surface area contributed by atoms with Crippen molar-refractivity contribution in [2.45, 2.75) is 29.6 Å². The van der Waals surface area contributed by atoms with E-state index in [2.05, 4.69) is 0 Å². The van der Waals surface area contributed by atoms with E-state index < -0.39 is 29.6 Å². The van der Waals surface area contributed by atoms with Gasteiger partial charge in [-0.05, 0) is 0 Å². The molecule has 12 heteroatoms. The summed E-state index contributed by atoms with van der Waals surface area (Å²) in [5.74, 6) is -21.7. The highest BCUT2D eigenvalue weighted by molar-refractivity contribution is 7.18. The van der Waals surface area contributed by atoms with Crippen LogP contribution in [-0.4, -0.2) is 29.6 Å². The number of hydrogen-bond donors (Lipinski definition) is 0. The summed E-state index contributed by atoms with van der Waals surface area (Å²) in [6, 6.07) is 0. The van der Waals surface area contributed by atoms with Crippen molar-refractivity contribution in [3.05, 3.63) is 0 Å². The lowest BCUT2D eigenvalue weighted by Crippen LogP contribution is -2.65. The molecule has 0 amide bonds. The van der Waals surface area contributed by atoms with Gasteiger partial charge in [-0.1, -0.05) is 0 Å². The molecule has 0 aromatic heterocycles. The van der Waals surface area contributed by atoms with Crippen molar-refractivity contribution in [2.75, 3.05) is 0 Å². The third kappa shape index (κ3) is 2.30. The summed E-state index contributed by atoms with van der Waals surface area (Å²) in [4.78, 5) is 0. The van der Waals surface area contributed by atoms with Crippen LogP contribution in [0.5, 0.6) is 0 Å².